The molecule has 152 valence electrons. The summed E-state index contributed by atoms with van der Waals surface area (Å²) in [5.41, 5.74) is 8.15. The van der Waals surface area contributed by atoms with Crippen LogP contribution in [0.1, 0.15) is 37.8 Å². The Morgan fingerprint density at radius 1 is 1.21 bits per heavy atom. The maximum Gasteiger partial charge on any atom is 0.223 e. The number of aromatic nitrogens is 2. The maximum absolute atomic E-state index is 12.7. The summed E-state index contributed by atoms with van der Waals surface area (Å²) in [6.45, 7) is 0.458. The number of benzene rings is 1. The summed E-state index contributed by atoms with van der Waals surface area (Å²) >= 11 is 0. The Morgan fingerprint density at radius 2 is 1.89 bits per heavy atom. The molecule has 4 rings (SSSR count). The highest BCUT2D eigenvalue weighted by Gasteiger charge is 2.40. The number of nitrogens with one attached hydrogen (secondary N) is 1. The third-order valence-corrected chi connectivity index (χ3v) is 6.21. The quantitative estimate of drug-likeness (QED) is 0.802. The van der Waals surface area contributed by atoms with Crippen molar-refractivity contribution >= 4 is 18.3 Å². The first-order chi connectivity index (χ1) is 13.1. The number of hydrogen-bond acceptors (Lipinski definition) is 4. The Hall–Kier alpha value is -2.05. The highest BCUT2D eigenvalue weighted by Crippen LogP contribution is 2.41. The standard InChI is InChI=1S/C21H28N4O2.ClH/c1-27-19-7-5-18(6-8-19)25-10-9-17(24-25)13-23-21(26)16-11-14-3-2-4-15(12-16)20(14)22;/h5-10,14-16,20H,2-4,11-13,22H2,1H3,(H,23,26);1H. The molecule has 2 bridgehead atoms. The first-order valence-electron chi connectivity index (χ1n) is 9.86. The van der Waals surface area contributed by atoms with Gasteiger partial charge in [0.2, 0.25) is 5.91 Å². The van der Waals surface area contributed by atoms with Crippen LogP contribution >= 0.6 is 12.4 Å². The van der Waals surface area contributed by atoms with Crippen molar-refractivity contribution in [3.05, 3.63) is 42.2 Å². The molecule has 6 nitrogen and oxygen atoms in total. The molecule has 2 unspecified atom stereocenters. The van der Waals surface area contributed by atoms with Crippen LogP contribution in [0.2, 0.25) is 0 Å². The lowest BCUT2D eigenvalue weighted by atomic mass is 9.65. The highest BCUT2D eigenvalue weighted by atomic mass is 35.5. The number of nitrogens with two attached hydrogens (primary N) is 1. The predicted octanol–water partition coefficient (Wildman–Crippen LogP) is 3.07. The molecule has 1 aromatic heterocycles. The van der Waals surface area contributed by atoms with Gasteiger partial charge in [0, 0.05) is 18.2 Å². The molecule has 2 aromatic rings. The molecule has 1 aromatic carbocycles. The van der Waals surface area contributed by atoms with E-state index in [0.29, 0.717) is 24.4 Å². The fraction of sp³-hybridized carbons (Fsp3) is 0.524. The molecule has 2 saturated carbocycles. The summed E-state index contributed by atoms with van der Waals surface area (Å²) in [5, 5.41) is 7.64. The number of ether oxygens (including phenoxy) is 1. The van der Waals surface area contributed by atoms with Crippen molar-refractivity contribution in [1.82, 2.24) is 15.1 Å². The van der Waals surface area contributed by atoms with Crippen LogP contribution in [0.25, 0.3) is 5.69 Å². The van der Waals surface area contributed by atoms with Gasteiger partial charge < -0.3 is 15.8 Å². The van der Waals surface area contributed by atoms with Crippen LogP contribution in [0.15, 0.2) is 36.5 Å². The summed E-state index contributed by atoms with van der Waals surface area (Å²) in [7, 11) is 1.65. The molecule has 7 heteroatoms. The number of halogens is 1. The van der Waals surface area contributed by atoms with Gasteiger partial charge in [0.05, 0.1) is 25.0 Å². The van der Waals surface area contributed by atoms with Crippen LogP contribution < -0.4 is 15.8 Å². The van der Waals surface area contributed by atoms with E-state index in [4.69, 9.17) is 10.5 Å². The SMILES string of the molecule is COc1ccc(-n2ccc(CNC(=O)C3CC4CCCC(C3)C4N)n2)cc1.Cl. The van der Waals surface area contributed by atoms with Crippen molar-refractivity contribution in [2.75, 3.05) is 7.11 Å². The molecule has 2 aliphatic carbocycles. The molecule has 0 spiro atoms. The van der Waals surface area contributed by atoms with Gasteiger partial charge in [-0.25, -0.2) is 4.68 Å². The third-order valence-electron chi connectivity index (χ3n) is 6.21. The van der Waals surface area contributed by atoms with Gasteiger partial charge in [0.25, 0.3) is 0 Å². The zero-order valence-electron chi connectivity index (χ0n) is 16.2. The molecule has 0 aliphatic heterocycles. The van der Waals surface area contributed by atoms with Crippen molar-refractivity contribution in [2.24, 2.45) is 23.5 Å². The normalized spacial score (nSPS) is 26.2. The lowest BCUT2D eigenvalue weighted by Gasteiger charge is -2.43. The average molecular weight is 405 g/mol. The van der Waals surface area contributed by atoms with E-state index < -0.39 is 0 Å². The number of amides is 1. The minimum absolute atomic E-state index is 0. The van der Waals surface area contributed by atoms with Crippen LogP contribution in [0.5, 0.6) is 5.75 Å². The maximum atomic E-state index is 12.7. The highest BCUT2D eigenvalue weighted by molar-refractivity contribution is 5.85. The molecule has 2 atom stereocenters. The van der Waals surface area contributed by atoms with Crippen molar-refractivity contribution in [3.63, 3.8) is 0 Å². The van der Waals surface area contributed by atoms with Gasteiger partial charge in [0.1, 0.15) is 5.75 Å². The van der Waals surface area contributed by atoms with Gasteiger partial charge in [-0.1, -0.05) is 6.42 Å². The van der Waals surface area contributed by atoms with E-state index in [2.05, 4.69) is 10.4 Å². The number of carbonyl (C=O) groups excluding carboxylic acids is 1. The predicted molar refractivity (Wildman–Crippen MR) is 111 cm³/mol. The van der Waals surface area contributed by atoms with E-state index in [0.717, 1.165) is 30.0 Å². The van der Waals surface area contributed by atoms with Crippen LogP contribution in [0.3, 0.4) is 0 Å². The summed E-state index contributed by atoms with van der Waals surface area (Å²) in [5.74, 6) is 2.10. The van der Waals surface area contributed by atoms with Gasteiger partial charge in [0.15, 0.2) is 0 Å². The summed E-state index contributed by atoms with van der Waals surface area (Å²) in [4.78, 5) is 12.7. The number of rotatable bonds is 5. The second-order valence-electron chi connectivity index (χ2n) is 7.86. The van der Waals surface area contributed by atoms with Crippen molar-refractivity contribution in [2.45, 2.75) is 44.7 Å². The number of fused-ring (bicyclic) bond motifs is 2. The lowest BCUT2D eigenvalue weighted by molar-refractivity contribution is -0.128. The zero-order valence-corrected chi connectivity index (χ0v) is 17.0. The lowest BCUT2D eigenvalue weighted by Crippen LogP contribution is -2.49. The number of hydrogen-bond donors (Lipinski definition) is 2. The topological polar surface area (TPSA) is 82.2 Å². The van der Waals surface area contributed by atoms with Crippen LogP contribution in [0.4, 0.5) is 0 Å². The molecule has 1 heterocycles. The van der Waals surface area contributed by atoms with E-state index in [1.165, 1.54) is 19.3 Å². The smallest absolute Gasteiger partial charge is 0.223 e. The average Bonchev–Trinajstić information content (AvgIpc) is 3.15. The van der Waals surface area contributed by atoms with Crippen molar-refractivity contribution < 1.29 is 9.53 Å². The minimum Gasteiger partial charge on any atom is -0.497 e. The zero-order chi connectivity index (χ0) is 18.8. The van der Waals surface area contributed by atoms with Gasteiger partial charge in [-0.3, -0.25) is 4.79 Å². The summed E-state index contributed by atoms with van der Waals surface area (Å²) < 4.78 is 6.99. The minimum atomic E-state index is 0. The Bertz CT molecular complexity index is 778. The van der Waals surface area contributed by atoms with Crippen molar-refractivity contribution in [1.29, 1.82) is 0 Å². The Morgan fingerprint density at radius 3 is 2.54 bits per heavy atom. The molecule has 1 amide bonds. The molecular formula is C21H29ClN4O2. The largest absolute Gasteiger partial charge is 0.497 e. The second kappa shape index (κ2) is 8.97. The van der Waals surface area contributed by atoms with E-state index in [-0.39, 0.29) is 24.2 Å². The second-order valence-corrected chi connectivity index (χ2v) is 7.86. The van der Waals surface area contributed by atoms with Crippen LogP contribution in [0, 0.1) is 17.8 Å². The van der Waals surface area contributed by atoms with Crippen LogP contribution in [-0.2, 0) is 11.3 Å². The van der Waals surface area contributed by atoms with Gasteiger partial charge in [-0.15, -0.1) is 12.4 Å². The number of nitrogens with zero attached hydrogens (tertiary/aromatic N) is 2. The molecule has 2 fully saturated rings. The molecule has 3 N–H and O–H groups in total. The van der Waals surface area contributed by atoms with E-state index >= 15 is 0 Å². The summed E-state index contributed by atoms with van der Waals surface area (Å²) in [6.07, 6.45) is 7.39. The Balaban J connectivity index is 0.00000225. The molecule has 2 aliphatic rings. The Labute approximate surface area is 172 Å². The first-order valence-corrected chi connectivity index (χ1v) is 9.86. The molecule has 0 saturated heterocycles. The first kappa shape index (κ1) is 20.7. The van der Waals surface area contributed by atoms with Gasteiger partial charge >= 0.3 is 0 Å². The van der Waals surface area contributed by atoms with E-state index in [1.807, 2.05) is 41.2 Å². The fourth-order valence-electron chi connectivity index (χ4n) is 4.66. The van der Waals surface area contributed by atoms with E-state index in [1.54, 1.807) is 7.11 Å². The van der Waals surface area contributed by atoms with E-state index in [9.17, 15) is 4.79 Å². The van der Waals surface area contributed by atoms with Crippen LogP contribution in [-0.4, -0.2) is 28.8 Å². The van der Waals surface area contributed by atoms with Gasteiger partial charge in [-0.05, 0) is 67.9 Å². The molecular weight excluding hydrogens is 376 g/mol. The fourth-order valence-corrected chi connectivity index (χ4v) is 4.66. The number of methoxy groups -OCH3 is 1. The third kappa shape index (κ3) is 4.33. The van der Waals surface area contributed by atoms with Crippen molar-refractivity contribution in [3.8, 4) is 11.4 Å². The van der Waals surface area contributed by atoms with Gasteiger partial charge in [-0.2, -0.15) is 5.10 Å². The molecule has 0 radical (unpaired) electrons. The summed E-state index contributed by atoms with van der Waals surface area (Å²) in [6, 6.07) is 9.96. The number of carbonyl (C=O) groups is 1. The monoisotopic (exact) mass is 404 g/mol. The molecule has 28 heavy (non-hydrogen) atoms. The Kier molecular flexibility index (Phi) is 6.62.